The molecule has 1 N–H and O–H groups in total. The molecule has 0 fully saturated rings. The Morgan fingerprint density at radius 2 is 2.11 bits per heavy atom. The fourth-order valence-electron chi connectivity index (χ4n) is 1.87. The van der Waals surface area contributed by atoms with E-state index in [1.165, 1.54) is 0 Å². The van der Waals surface area contributed by atoms with E-state index in [9.17, 15) is 0 Å². The maximum Gasteiger partial charge on any atom is 0.219 e. The van der Waals surface area contributed by atoms with E-state index in [0.717, 1.165) is 24.2 Å². The number of likely N-dealkylation sites (N-methyl/N-ethyl adjacent to an activating group) is 1. The van der Waals surface area contributed by atoms with E-state index >= 15 is 0 Å². The normalized spacial score (nSPS) is 12.4. The number of ether oxygens (including phenoxy) is 2. The Morgan fingerprint density at radius 3 is 2.72 bits per heavy atom. The fourth-order valence-corrected chi connectivity index (χ4v) is 1.87. The molecule has 0 aliphatic carbocycles. The van der Waals surface area contributed by atoms with Crippen LogP contribution in [0, 0.1) is 6.92 Å². The smallest absolute Gasteiger partial charge is 0.219 e. The molecule has 0 spiro atoms. The number of hydrogen-bond donors (Lipinski definition) is 1. The molecule has 1 atom stereocenters. The Labute approximate surface area is 109 Å². The van der Waals surface area contributed by atoms with Crippen molar-refractivity contribution in [3.63, 3.8) is 0 Å². The number of aromatic nitrogens is 2. The lowest BCUT2D eigenvalue weighted by Crippen LogP contribution is -2.35. The quantitative estimate of drug-likeness (QED) is 0.758. The molecule has 0 saturated heterocycles. The summed E-state index contributed by atoms with van der Waals surface area (Å²) < 4.78 is 10.7. The van der Waals surface area contributed by atoms with Crippen molar-refractivity contribution in [2.24, 2.45) is 0 Å². The maximum absolute atomic E-state index is 5.48. The zero-order valence-electron chi connectivity index (χ0n) is 11.7. The molecule has 0 bridgehead atoms. The van der Waals surface area contributed by atoms with E-state index < -0.39 is 0 Å². The lowest BCUT2D eigenvalue weighted by molar-refractivity contribution is 0.166. The maximum atomic E-state index is 5.48. The van der Waals surface area contributed by atoms with Crippen LogP contribution in [0.15, 0.2) is 6.33 Å². The number of nitrogens with zero attached hydrogens (tertiary/aromatic N) is 2. The van der Waals surface area contributed by atoms with Crippen molar-refractivity contribution in [2.45, 2.75) is 33.2 Å². The Morgan fingerprint density at radius 1 is 1.33 bits per heavy atom. The predicted octanol–water partition coefficient (Wildman–Crippen LogP) is 1.35. The molecule has 1 heterocycles. The summed E-state index contributed by atoms with van der Waals surface area (Å²) in [5.74, 6) is 0.676. The van der Waals surface area contributed by atoms with Crippen LogP contribution < -0.4 is 10.1 Å². The molecular formula is C13H23N3O2. The summed E-state index contributed by atoms with van der Waals surface area (Å²) >= 11 is 0. The number of nitrogens with one attached hydrogen (secondary N) is 1. The summed E-state index contributed by atoms with van der Waals surface area (Å²) in [6.45, 7) is 8.23. The van der Waals surface area contributed by atoms with E-state index in [1.807, 2.05) is 13.8 Å². The average molecular weight is 253 g/mol. The van der Waals surface area contributed by atoms with Crippen LogP contribution in [0.25, 0.3) is 0 Å². The van der Waals surface area contributed by atoms with Gasteiger partial charge in [-0.05, 0) is 20.4 Å². The van der Waals surface area contributed by atoms with E-state index in [1.54, 1.807) is 13.4 Å². The molecule has 1 aromatic rings. The van der Waals surface area contributed by atoms with Crippen molar-refractivity contribution >= 4 is 0 Å². The van der Waals surface area contributed by atoms with Gasteiger partial charge in [0.1, 0.15) is 6.33 Å². The highest BCUT2D eigenvalue weighted by molar-refractivity contribution is 5.28. The van der Waals surface area contributed by atoms with E-state index in [2.05, 4.69) is 22.2 Å². The van der Waals surface area contributed by atoms with E-state index in [4.69, 9.17) is 9.47 Å². The first kappa shape index (κ1) is 14.9. The van der Waals surface area contributed by atoms with Crippen LogP contribution in [0.1, 0.15) is 25.1 Å². The minimum absolute atomic E-state index is 0.267. The van der Waals surface area contributed by atoms with Gasteiger partial charge in [0.05, 0.1) is 18.9 Å². The third-order valence-corrected chi connectivity index (χ3v) is 2.72. The Bertz CT molecular complexity index is 352. The first-order valence-corrected chi connectivity index (χ1v) is 6.38. The molecule has 1 aromatic heterocycles. The van der Waals surface area contributed by atoms with Crippen LogP contribution in [0.2, 0.25) is 0 Å². The molecule has 0 radical (unpaired) electrons. The van der Waals surface area contributed by atoms with Crippen LogP contribution in [0.4, 0.5) is 0 Å². The van der Waals surface area contributed by atoms with Crippen LogP contribution in [0.3, 0.4) is 0 Å². The predicted molar refractivity (Wildman–Crippen MR) is 71.0 cm³/mol. The first-order chi connectivity index (χ1) is 8.72. The minimum Gasteiger partial charge on any atom is -0.478 e. The van der Waals surface area contributed by atoms with Crippen LogP contribution in [0.5, 0.6) is 5.88 Å². The van der Waals surface area contributed by atoms with E-state index in [-0.39, 0.29) is 6.04 Å². The lowest BCUT2D eigenvalue weighted by atomic mass is 10.1. The second-order valence-corrected chi connectivity index (χ2v) is 4.10. The molecular weight excluding hydrogens is 230 g/mol. The SMILES string of the molecule is CCNC(COC)Cc1ncnc(OCC)c1C. The molecule has 0 aliphatic heterocycles. The summed E-state index contributed by atoms with van der Waals surface area (Å²) in [5.41, 5.74) is 2.02. The van der Waals surface area contributed by atoms with Gasteiger partial charge < -0.3 is 14.8 Å². The van der Waals surface area contributed by atoms with Gasteiger partial charge in [0.25, 0.3) is 0 Å². The molecule has 1 unspecified atom stereocenters. The molecule has 5 heteroatoms. The van der Waals surface area contributed by atoms with Crippen molar-refractivity contribution in [1.82, 2.24) is 15.3 Å². The molecule has 0 saturated carbocycles. The second-order valence-electron chi connectivity index (χ2n) is 4.10. The molecule has 0 aromatic carbocycles. The third-order valence-electron chi connectivity index (χ3n) is 2.72. The summed E-state index contributed by atoms with van der Waals surface area (Å²) in [6.07, 6.45) is 2.37. The molecule has 18 heavy (non-hydrogen) atoms. The molecule has 0 amide bonds. The zero-order valence-corrected chi connectivity index (χ0v) is 11.7. The Kier molecular flexibility index (Phi) is 6.60. The number of rotatable bonds is 8. The minimum atomic E-state index is 0.267. The average Bonchev–Trinajstić information content (AvgIpc) is 2.35. The highest BCUT2D eigenvalue weighted by atomic mass is 16.5. The molecule has 1 rings (SSSR count). The van der Waals surface area contributed by atoms with Gasteiger partial charge in [-0.25, -0.2) is 9.97 Å². The first-order valence-electron chi connectivity index (χ1n) is 6.38. The van der Waals surface area contributed by atoms with Gasteiger partial charge in [-0.3, -0.25) is 0 Å². The largest absolute Gasteiger partial charge is 0.478 e. The van der Waals surface area contributed by atoms with Gasteiger partial charge in [-0.15, -0.1) is 0 Å². The monoisotopic (exact) mass is 253 g/mol. The number of hydrogen-bond acceptors (Lipinski definition) is 5. The highest BCUT2D eigenvalue weighted by Crippen LogP contribution is 2.17. The van der Waals surface area contributed by atoms with Crippen molar-refractivity contribution in [1.29, 1.82) is 0 Å². The second kappa shape index (κ2) is 8.00. The van der Waals surface area contributed by atoms with Crippen molar-refractivity contribution in [3.05, 3.63) is 17.6 Å². The van der Waals surface area contributed by atoms with Gasteiger partial charge in [0.15, 0.2) is 0 Å². The summed E-state index contributed by atoms with van der Waals surface area (Å²) in [7, 11) is 1.71. The van der Waals surface area contributed by atoms with Gasteiger partial charge in [-0.2, -0.15) is 0 Å². The van der Waals surface area contributed by atoms with Gasteiger partial charge in [-0.1, -0.05) is 6.92 Å². The lowest BCUT2D eigenvalue weighted by Gasteiger charge is -2.18. The Balaban J connectivity index is 2.78. The Hall–Kier alpha value is -1.20. The molecule has 5 nitrogen and oxygen atoms in total. The summed E-state index contributed by atoms with van der Waals surface area (Å²) in [4.78, 5) is 8.48. The van der Waals surface area contributed by atoms with Crippen LogP contribution >= 0.6 is 0 Å². The standard InChI is InChI=1S/C13H23N3O2/c1-5-14-11(8-17-4)7-12-10(3)13(18-6-2)16-9-15-12/h9,11,14H,5-8H2,1-4H3. The van der Waals surface area contributed by atoms with Gasteiger partial charge in [0, 0.05) is 25.1 Å². The summed E-state index contributed by atoms with van der Waals surface area (Å²) in [6, 6.07) is 0.267. The third kappa shape index (κ3) is 4.23. The fraction of sp³-hybridized carbons (Fsp3) is 0.692. The molecule has 102 valence electrons. The van der Waals surface area contributed by atoms with Crippen LogP contribution in [-0.4, -0.2) is 42.9 Å². The van der Waals surface area contributed by atoms with Crippen molar-refractivity contribution < 1.29 is 9.47 Å². The highest BCUT2D eigenvalue weighted by Gasteiger charge is 2.13. The van der Waals surface area contributed by atoms with E-state index in [0.29, 0.717) is 19.1 Å². The zero-order chi connectivity index (χ0) is 13.4. The summed E-state index contributed by atoms with van der Waals surface area (Å²) in [5, 5.41) is 3.38. The van der Waals surface area contributed by atoms with Crippen molar-refractivity contribution in [2.75, 3.05) is 26.9 Å². The van der Waals surface area contributed by atoms with Gasteiger partial charge >= 0.3 is 0 Å². The number of methoxy groups -OCH3 is 1. The van der Waals surface area contributed by atoms with Gasteiger partial charge in [0.2, 0.25) is 5.88 Å². The topological polar surface area (TPSA) is 56.3 Å². The molecule has 0 aliphatic rings. The van der Waals surface area contributed by atoms with Crippen molar-refractivity contribution in [3.8, 4) is 5.88 Å². The van der Waals surface area contributed by atoms with Crippen LogP contribution in [-0.2, 0) is 11.2 Å².